The van der Waals surface area contributed by atoms with Gasteiger partial charge in [0, 0.05) is 23.1 Å². The van der Waals surface area contributed by atoms with Crippen molar-refractivity contribution in [2.45, 2.75) is 93.2 Å². The van der Waals surface area contributed by atoms with Gasteiger partial charge in [0.15, 0.2) is 0 Å². The highest BCUT2D eigenvalue weighted by atomic mass is 32.2. The summed E-state index contributed by atoms with van der Waals surface area (Å²) < 4.78 is 48.6. The summed E-state index contributed by atoms with van der Waals surface area (Å²) in [5, 5.41) is 7.67. The summed E-state index contributed by atoms with van der Waals surface area (Å²) in [7, 11) is -4.01. The molecule has 2 aromatic heterocycles. The van der Waals surface area contributed by atoms with Crippen LogP contribution in [0.25, 0.3) is 21.7 Å². The van der Waals surface area contributed by atoms with Gasteiger partial charge in [-0.05, 0) is 69.0 Å². The van der Waals surface area contributed by atoms with E-state index in [0.29, 0.717) is 53.3 Å². The first-order chi connectivity index (χ1) is 26.4. The standard InChI is InChI=1S/C39H41FN6O7S2/c1-38(15-16-38)55(51,52)45-37(50)39-19-23(39)9-5-3-2-4-6-12-30(42-34(48)32-20-41-22-54-32)36(49)46-21-25(18-31(46)33(47)44-39)53-35-28-17-24(40)13-14-26(28)27-10-7-8-11-29(27)43-35/h5,7-11,13-14,17,20,22-23,25,30-31H,2-4,6,12,15-16,18-19,21H2,1H3,(H,42,48)(H,44,47)(H,45,50)/b9-5-/t23-,25-,30+,31+,39-/m1/s1. The van der Waals surface area contributed by atoms with Crippen LogP contribution in [0, 0.1) is 11.7 Å². The van der Waals surface area contributed by atoms with E-state index in [9.17, 15) is 32.0 Å². The minimum atomic E-state index is -4.01. The number of halogens is 1. The van der Waals surface area contributed by atoms with Crippen molar-refractivity contribution >= 4 is 66.7 Å². The summed E-state index contributed by atoms with van der Waals surface area (Å²) in [6.45, 7) is 1.50. The van der Waals surface area contributed by atoms with Gasteiger partial charge in [0.25, 0.3) is 11.8 Å². The Kier molecular flexibility index (Phi) is 9.60. The molecular formula is C39H41FN6O7S2. The van der Waals surface area contributed by atoms with Gasteiger partial charge in [-0.3, -0.25) is 28.9 Å². The summed E-state index contributed by atoms with van der Waals surface area (Å²) in [5.41, 5.74) is 0.584. The molecule has 16 heteroatoms. The number of benzene rings is 2. The van der Waals surface area contributed by atoms with E-state index in [-0.39, 0.29) is 25.3 Å². The number of carbonyl (C=O) groups is 4. The molecule has 4 heterocycles. The van der Waals surface area contributed by atoms with Gasteiger partial charge in [-0.2, -0.15) is 0 Å². The number of nitrogens with one attached hydrogen (secondary N) is 3. The fourth-order valence-corrected chi connectivity index (χ4v) is 9.48. The van der Waals surface area contributed by atoms with E-state index in [0.717, 1.165) is 29.6 Å². The molecule has 0 unspecified atom stereocenters. The Balaban J connectivity index is 1.13. The number of hydrogen-bond acceptors (Lipinski definition) is 10. The van der Waals surface area contributed by atoms with Crippen LogP contribution in [-0.2, 0) is 24.4 Å². The summed E-state index contributed by atoms with van der Waals surface area (Å²) in [4.78, 5) is 66.6. The predicted molar refractivity (Wildman–Crippen MR) is 203 cm³/mol. The predicted octanol–water partition coefficient (Wildman–Crippen LogP) is 4.52. The normalized spacial score (nSPS) is 27.2. The molecule has 4 amide bonds. The van der Waals surface area contributed by atoms with Crippen molar-refractivity contribution in [3.05, 3.63) is 77.0 Å². The zero-order valence-corrected chi connectivity index (χ0v) is 31.8. The lowest BCUT2D eigenvalue weighted by atomic mass is 10.0. The maximum absolute atomic E-state index is 14.7. The van der Waals surface area contributed by atoms with E-state index in [1.165, 1.54) is 28.7 Å². The van der Waals surface area contributed by atoms with Gasteiger partial charge < -0.3 is 20.3 Å². The van der Waals surface area contributed by atoms with Gasteiger partial charge in [-0.1, -0.05) is 49.3 Å². The number of hydrogen-bond donors (Lipinski definition) is 3. The average molecular weight is 789 g/mol. The van der Waals surface area contributed by atoms with E-state index in [1.807, 2.05) is 36.4 Å². The number of nitrogens with zero attached hydrogens (tertiary/aromatic N) is 3. The average Bonchev–Trinajstić information content (AvgIpc) is 3.91. The maximum Gasteiger partial charge on any atom is 0.263 e. The van der Waals surface area contributed by atoms with Crippen LogP contribution in [0.5, 0.6) is 5.88 Å². The summed E-state index contributed by atoms with van der Waals surface area (Å²) in [6.07, 6.45) is 8.55. The number of amides is 4. The molecule has 55 heavy (non-hydrogen) atoms. The first-order valence-corrected chi connectivity index (χ1v) is 20.9. The highest BCUT2D eigenvalue weighted by Crippen LogP contribution is 2.47. The van der Waals surface area contributed by atoms with Crippen molar-refractivity contribution in [3.8, 4) is 5.88 Å². The van der Waals surface area contributed by atoms with Crippen molar-refractivity contribution in [2.75, 3.05) is 6.54 Å². The number of ether oxygens (including phenoxy) is 1. The van der Waals surface area contributed by atoms with E-state index >= 15 is 0 Å². The third-order valence-electron chi connectivity index (χ3n) is 11.3. The smallest absolute Gasteiger partial charge is 0.263 e. The number of para-hydroxylation sites is 1. The molecule has 2 aliphatic carbocycles. The molecule has 13 nitrogen and oxygen atoms in total. The lowest BCUT2D eigenvalue weighted by molar-refractivity contribution is -0.141. The topological polar surface area (TPSA) is 177 Å². The van der Waals surface area contributed by atoms with E-state index in [2.05, 4.69) is 20.3 Å². The molecule has 4 aromatic rings. The fourth-order valence-electron chi connectivity index (χ4n) is 7.65. The number of fused-ring (bicyclic) bond motifs is 5. The Hall–Kier alpha value is -4.96. The van der Waals surface area contributed by atoms with Crippen LogP contribution in [0.3, 0.4) is 0 Å². The van der Waals surface area contributed by atoms with Crippen molar-refractivity contribution < 1.29 is 36.7 Å². The number of carbonyl (C=O) groups excluding carboxylic acids is 4. The molecule has 2 aliphatic heterocycles. The number of rotatable bonds is 7. The number of pyridine rings is 1. The van der Waals surface area contributed by atoms with Gasteiger partial charge in [0.05, 0.1) is 28.5 Å². The summed E-state index contributed by atoms with van der Waals surface area (Å²) >= 11 is 1.14. The lowest BCUT2D eigenvalue weighted by Crippen LogP contribution is -2.58. The number of sulfonamides is 1. The first kappa shape index (κ1) is 37.0. The van der Waals surface area contributed by atoms with Crippen LogP contribution in [0.2, 0.25) is 0 Å². The Morgan fingerprint density at radius 1 is 1.07 bits per heavy atom. The second-order valence-electron chi connectivity index (χ2n) is 15.2. The van der Waals surface area contributed by atoms with Crippen LogP contribution in [0.4, 0.5) is 4.39 Å². The molecule has 0 radical (unpaired) electrons. The highest BCUT2D eigenvalue weighted by molar-refractivity contribution is 7.91. The van der Waals surface area contributed by atoms with E-state index < -0.39 is 73.9 Å². The molecule has 2 saturated carbocycles. The van der Waals surface area contributed by atoms with Gasteiger partial charge in [-0.15, -0.1) is 11.3 Å². The number of allylic oxidation sites excluding steroid dienone is 1. The van der Waals surface area contributed by atoms with Crippen molar-refractivity contribution in [1.82, 2.24) is 30.2 Å². The maximum atomic E-state index is 14.7. The molecule has 5 atom stereocenters. The first-order valence-electron chi connectivity index (χ1n) is 18.6. The molecule has 8 rings (SSSR count). The number of thiazole rings is 1. The second kappa shape index (κ2) is 14.3. The zero-order valence-electron chi connectivity index (χ0n) is 30.1. The Bertz CT molecular complexity index is 2330. The summed E-state index contributed by atoms with van der Waals surface area (Å²) in [5.74, 6) is -3.27. The second-order valence-corrected chi connectivity index (χ2v) is 18.3. The molecule has 3 N–H and O–H groups in total. The Labute approximate surface area is 321 Å². The molecule has 0 bridgehead atoms. The minimum absolute atomic E-state index is 0.0209. The third-order valence-corrected chi connectivity index (χ3v) is 14.3. The highest BCUT2D eigenvalue weighted by Gasteiger charge is 2.63. The van der Waals surface area contributed by atoms with Crippen LogP contribution < -0.4 is 20.1 Å². The number of aromatic nitrogens is 2. The molecule has 2 aromatic carbocycles. The van der Waals surface area contributed by atoms with Gasteiger partial charge in [-0.25, -0.2) is 17.8 Å². The lowest BCUT2D eigenvalue weighted by Gasteiger charge is -2.30. The van der Waals surface area contributed by atoms with Gasteiger partial charge in [0.2, 0.25) is 27.7 Å². The van der Waals surface area contributed by atoms with Crippen molar-refractivity contribution in [2.24, 2.45) is 5.92 Å². The molecule has 4 aliphatic rings. The van der Waals surface area contributed by atoms with Crippen molar-refractivity contribution in [1.29, 1.82) is 0 Å². The van der Waals surface area contributed by atoms with E-state index in [4.69, 9.17) is 9.72 Å². The van der Waals surface area contributed by atoms with Gasteiger partial charge >= 0.3 is 0 Å². The fraction of sp³-hybridized carbons (Fsp3) is 0.436. The quantitative estimate of drug-likeness (QED) is 0.180. The Morgan fingerprint density at radius 3 is 2.67 bits per heavy atom. The van der Waals surface area contributed by atoms with E-state index in [1.54, 1.807) is 13.0 Å². The Morgan fingerprint density at radius 2 is 1.89 bits per heavy atom. The summed E-state index contributed by atoms with van der Waals surface area (Å²) in [6, 6.07) is 9.57. The largest absolute Gasteiger partial charge is 0.472 e. The zero-order chi connectivity index (χ0) is 38.5. The van der Waals surface area contributed by atoms with Crippen LogP contribution >= 0.6 is 11.3 Å². The van der Waals surface area contributed by atoms with Crippen LogP contribution in [0.1, 0.15) is 74.4 Å². The van der Waals surface area contributed by atoms with Crippen molar-refractivity contribution in [3.63, 3.8) is 0 Å². The minimum Gasteiger partial charge on any atom is -0.472 e. The SMILES string of the molecule is CC1(S(=O)(=O)NC(=O)[C@@]23C[C@H]2/C=C\CCCCC[C@H](NC(=O)c2cncs2)C(=O)N2C[C@H](Oc4nc5ccccc5c5ccc(F)cc45)C[C@H]2C(=O)N3)CC1. The molecule has 288 valence electrons. The van der Waals surface area contributed by atoms with Crippen LogP contribution in [0.15, 0.2) is 66.3 Å². The molecule has 3 fully saturated rings. The van der Waals surface area contributed by atoms with Gasteiger partial charge in [0.1, 0.15) is 34.4 Å². The molecule has 1 saturated heterocycles. The molecule has 0 spiro atoms. The van der Waals surface area contributed by atoms with Crippen LogP contribution in [-0.4, -0.2) is 81.9 Å². The molecular weight excluding hydrogens is 748 g/mol. The monoisotopic (exact) mass is 788 g/mol. The third kappa shape index (κ3) is 7.17.